The van der Waals surface area contributed by atoms with Crippen LogP contribution in [-0.4, -0.2) is 91.7 Å². The SMILES string of the molecule is Cc1ccc(C2CC(C3=NC(CS(C)(=O)=O)=NC3)CN(C(=O)N3CCC(O)CC3)C2)cc1C(F)(F)F. The van der Waals surface area contributed by atoms with Crippen LogP contribution < -0.4 is 0 Å². The van der Waals surface area contributed by atoms with E-state index in [1.807, 2.05) is 0 Å². The molecule has 36 heavy (non-hydrogen) atoms. The second-order valence-electron chi connectivity index (χ2n) is 10.0. The number of aliphatic hydroxyl groups is 1. The Hall–Kier alpha value is -2.47. The van der Waals surface area contributed by atoms with Crippen molar-refractivity contribution in [3.8, 4) is 0 Å². The maximum atomic E-state index is 13.6. The minimum absolute atomic E-state index is 0.136. The number of rotatable bonds is 4. The quantitative estimate of drug-likeness (QED) is 0.649. The first-order valence-corrected chi connectivity index (χ1v) is 14.0. The van der Waals surface area contributed by atoms with E-state index >= 15 is 0 Å². The van der Waals surface area contributed by atoms with Gasteiger partial charge in [-0.15, -0.1) is 0 Å². The summed E-state index contributed by atoms with van der Waals surface area (Å²) in [6.07, 6.45) is -2.39. The number of piperidine rings is 2. The lowest BCUT2D eigenvalue weighted by atomic mass is 9.81. The Balaban J connectivity index is 1.61. The first kappa shape index (κ1) is 26.6. The number of carbonyl (C=O) groups is 1. The summed E-state index contributed by atoms with van der Waals surface area (Å²) in [5.41, 5.74) is 0.591. The number of aliphatic hydroxyl groups excluding tert-OH is 1. The smallest absolute Gasteiger partial charge is 0.393 e. The first-order valence-electron chi connectivity index (χ1n) is 12.0. The lowest BCUT2D eigenvalue weighted by Crippen LogP contribution is -2.53. The molecule has 0 spiro atoms. The summed E-state index contributed by atoms with van der Waals surface area (Å²) in [4.78, 5) is 25.4. The molecule has 2 unspecified atom stereocenters. The maximum Gasteiger partial charge on any atom is 0.416 e. The molecule has 3 heterocycles. The summed E-state index contributed by atoms with van der Waals surface area (Å²) in [6, 6.07) is 4.10. The topological polar surface area (TPSA) is 103 Å². The summed E-state index contributed by atoms with van der Waals surface area (Å²) in [6.45, 7) is 3.05. The number of amidine groups is 1. The van der Waals surface area contributed by atoms with E-state index in [1.165, 1.54) is 19.1 Å². The van der Waals surface area contributed by atoms with Crippen molar-refractivity contribution in [1.82, 2.24) is 9.80 Å². The van der Waals surface area contributed by atoms with Gasteiger partial charge >= 0.3 is 12.2 Å². The second-order valence-corrected chi connectivity index (χ2v) is 12.2. The number of nitrogens with zero attached hydrogens (tertiary/aromatic N) is 4. The zero-order chi connectivity index (χ0) is 26.3. The van der Waals surface area contributed by atoms with Crippen molar-refractivity contribution in [2.75, 3.05) is 44.7 Å². The van der Waals surface area contributed by atoms with Crippen LogP contribution in [-0.2, 0) is 16.0 Å². The third-order valence-electron chi connectivity index (χ3n) is 7.05. The molecular formula is C24H31F3N4O4S. The van der Waals surface area contributed by atoms with Crippen LogP contribution in [0.4, 0.5) is 18.0 Å². The predicted octanol–water partition coefficient (Wildman–Crippen LogP) is 2.89. The molecule has 0 aromatic heterocycles. The van der Waals surface area contributed by atoms with E-state index in [0.717, 1.165) is 6.26 Å². The van der Waals surface area contributed by atoms with Gasteiger partial charge in [0.25, 0.3) is 0 Å². The molecule has 2 atom stereocenters. The fourth-order valence-corrected chi connectivity index (χ4v) is 5.76. The van der Waals surface area contributed by atoms with Crippen LogP contribution in [0.1, 0.15) is 41.9 Å². The van der Waals surface area contributed by atoms with Gasteiger partial charge in [0.15, 0.2) is 9.84 Å². The Morgan fingerprint density at radius 2 is 1.81 bits per heavy atom. The summed E-state index contributed by atoms with van der Waals surface area (Å²) < 4.78 is 64.1. The molecular weight excluding hydrogens is 497 g/mol. The molecule has 3 aliphatic heterocycles. The molecule has 1 aromatic rings. The van der Waals surface area contributed by atoms with E-state index < -0.39 is 27.7 Å². The van der Waals surface area contributed by atoms with Gasteiger partial charge in [0.05, 0.1) is 18.2 Å². The van der Waals surface area contributed by atoms with Gasteiger partial charge in [-0.3, -0.25) is 4.99 Å². The molecule has 1 aromatic carbocycles. The second kappa shape index (κ2) is 10.1. The van der Waals surface area contributed by atoms with Gasteiger partial charge in [-0.05, 0) is 43.4 Å². The van der Waals surface area contributed by atoms with Gasteiger partial charge in [-0.25, -0.2) is 18.2 Å². The highest BCUT2D eigenvalue weighted by Crippen LogP contribution is 2.37. The largest absolute Gasteiger partial charge is 0.416 e. The predicted molar refractivity (Wildman–Crippen MR) is 130 cm³/mol. The Labute approximate surface area is 208 Å². The van der Waals surface area contributed by atoms with E-state index in [2.05, 4.69) is 9.98 Å². The van der Waals surface area contributed by atoms with E-state index in [4.69, 9.17) is 0 Å². The number of halogens is 3. The minimum atomic E-state index is -4.48. The number of carbonyl (C=O) groups excluding carboxylic acids is 1. The van der Waals surface area contributed by atoms with Gasteiger partial charge in [0.1, 0.15) is 11.6 Å². The Morgan fingerprint density at radius 3 is 2.44 bits per heavy atom. The number of hydrogen-bond acceptors (Lipinski definition) is 6. The number of benzene rings is 1. The highest BCUT2D eigenvalue weighted by Gasteiger charge is 2.38. The van der Waals surface area contributed by atoms with Crippen molar-refractivity contribution in [1.29, 1.82) is 0 Å². The zero-order valence-corrected chi connectivity index (χ0v) is 21.1. The monoisotopic (exact) mass is 528 g/mol. The molecule has 8 nitrogen and oxygen atoms in total. The van der Waals surface area contributed by atoms with Crippen LogP contribution in [0.25, 0.3) is 0 Å². The van der Waals surface area contributed by atoms with Crippen LogP contribution >= 0.6 is 0 Å². The van der Waals surface area contributed by atoms with E-state index in [-0.39, 0.29) is 48.1 Å². The number of aryl methyl sites for hydroxylation is 1. The molecule has 2 amide bonds. The normalized spacial score (nSPS) is 24.1. The molecule has 2 saturated heterocycles. The standard InChI is InChI=1S/C24H31F3N4O4S/c1-15-3-4-16(10-20(15)24(25,26)27)17-9-18(21-11-28-22(29-21)14-36(2,34)35)13-31(12-17)23(33)30-7-5-19(32)6-8-30/h3-4,10,17-19,32H,5-9,11-14H2,1-2H3. The van der Waals surface area contributed by atoms with Crippen LogP contribution in [0.3, 0.4) is 0 Å². The van der Waals surface area contributed by atoms with Crippen LogP contribution in [0.15, 0.2) is 28.2 Å². The van der Waals surface area contributed by atoms with Crippen LogP contribution in [0.5, 0.6) is 0 Å². The lowest BCUT2D eigenvalue weighted by Gasteiger charge is -2.41. The molecule has 198 valence electrons. The van der Waals surface area contributed by atoms with Crippen molar-refractivity contribution >= 4 is 27.4 Å². The molecule has 0 bridgehead atoms. The highest BCUT2D eigenvalue weighted by molar-refractivity contribution is 7.91. The van der Waals surface area contributed by atoms with E-state index in [0.29, 0.717) is 50.2 Å². The maximum absolute atomic E-state index is 13.6. The summed E-state index contributed by atoms with van der Waals surface area (Å²) >= 11 is 0. The third kappa shape index (κ3) is 6.26. The highest BCUT2D eigenvalue weighted by atomic mass is 32.2. The summed E-state index contributed by atoms with van der Waals surface area (Å²) in [5.74, 6) is -0.684. The zero-order valence-electron chi connectivity index (χ0n) is 20.3. The Bertz CT molecular complexity index is 1170. The van der Waals surface area contributed by atoms with Crippen molar-refractivity contribution < 1.29 is 31.5 Å². The van der Waals surface area contributed by atoms with Gasteiger partial charge in [-0.2, -0.15) is 13.2 Å². The van der Waals surface area contributed by atoms with Gasteiger partial charge in [0, 0.05) is 50.0 Å². The van der Waals surface area contributed by atoms with Gasteiger partial charge in [0.2, 0.25) is 0 Å². The van der Waals surface area contributed by atoms with E-state index in [9.17, 15) is 31.5 Å². The molecule has 0 saturated carbocycles. The van der Waals surface area contributed by atoms with Gasteiger partial charge < -0.3 is 14.9 Å². The average Bonchev–Trinajstić information content (AvgIpc) is 3.25. The number of urea groups is 1. The van der Waals surface area contributed by atoms with Crippen molar-refractivity contribution in [2.24, 2.45) is 15.9 Å². The first-order chi connectivity index (χ1) is 16.8. The number of likely N-dealkylation sites (tertiary alicyclic amines) is 2. The Kier molecular flexibility index (Phi) is 7.47. The number of hydrogen-bond donors (Lipinski definition) is 1. The Morgan fingerprint density at radius 1 is 1.14 bits per heavy atom. The molecule has 0 radical (unpaired) electrons. The fraction of sp³-hybridized carbons (Fsp3) is 0.625. The number of alkyl halides is 3. The molecule has 12 heteroatoms. The molecule has 2 fully saturated rings. The average molecular weight is 529 g/mol. The van der Waals surface area contributed by atoms with Crippen molar-refractivity contribution in [2.45, 2.75) is 44.4 Å². The van der Waals surface area contributed by atoms with Crippen molar-refractivity contribution in [3.63, 3.8) is 0 Å². The minimum Gasteiger partial charge on any atom is -0.393 e. The van der Waals surface area contributed by atoms with Crippen molar-refractivity contribution in [3.05, 3.63) is 34.9 Å². The number of aliphatic imine (C=N–C) groups is 2. The number of sulfone groups is 1. The summed E-state index contributed by atoms with van der Waals surface area (Å²) in [7, 11) is -3.32. The van der Waals surface area contributed by atoms with E-state index in [1.54, 1.807) is 15.9 Å². The molecule has 1 N–H and O–H groups in total. The van der Waals surface area contributed by atoms with Crippen LogP contribution in [0, 0.1) is 12.8 Å². The fourth-order valence-electron chi connectivity index (χ4n) is 5.14. The lowest BCUT2D eigenvalue weighted by molar-refractivity contribution is -0.138. The molecule has 3 aliphatic rings. The molecule has 0 aliphatic carbocycles. The van der Waals surface area contributed by atoms with Crippen LogP contribution in [0.2, 0.25) is 0 Å². The van der Waals surface area contributed by atoms with Gasteiger partial charge in [-0.1, -0.05) is 12.1 Å². The molecule has 4 rings (SSSR count). The number of amides is 2. The summed E-state index contributed by atoms with van der Waals surface area (Å²) in [5, 5.41) is 9.80. The third-order valence-corrected chi connectivity index (χ3v) is 7.84.